The molecule has 2 heteroatoms. The van der Waals surface area contributed by atoms with Crippen LogP contribution in [0.4, 0.5) is 0 Å². The standard InChI is InChI=1S/C18H29NO/c1-3-13-19-15-18(12-14-20-16(18)2)11-7-10-17-8-5-4-6-9-17/h4-6,8-9,16,19H,3,7,10-15H2,1-2H3. The summed E-state index contributed by atoms with van der Waals surface area (Å²) < 4.78 is 5.86. The number of nitrogens with one attached hydrogen (secondary N) is 1. The van der Waals surface area contributed by atoms with Crippen molar-refractivity contribution in [3.8, 4) is 0 Å². The van der Waals surface area contributed by atoms with Gasteiger partial charge in [-0.05, 0) is 51.1 Å². The van der Waals surface area contributed by atoms with Gasteiger partial charge in [-0.25, -0.2) is 0 Å². The van der Waals surface area contributed by atoms with Crippen molar-refractivity contribution >= 4 is 0 Å². The molecule has 1 aliphatic heterocycles. The van der Waals surface area contributed by atoms with Crippen LogP contribution in [-0.4, -0.2) is 25.8 Å². The number of hydrogen-bond acceptors (Lipinski definition) is 2. The van der Waals surface area contributed by atoms with Gasteiger partial charge in [-0.2, -0.15) is 0 Å². The molecule has 1 N–H and O–H groups in total. The first-order chi connectivity index (χ1) is 9.77. The molecule has 2 atom stereocenters. The Morgan fingerprint density at radius 2 is 2.10 bits per heavy atom. The molecule has 0 bridgehead atoms. The molecule has 2 unspecified atom stereocenters. The maximum Gasteiger partial charge on any atom is 0.0616 e. The molecule has 1 aromatic rings. The molecule has 20 heavy (non-hydrogen) atoms. The summed E-state index contributed by atoms with van der Waals surface area (Å²) in [5, 5.41) is 3.62. The van der Waals surface area contributed by atoms with E-state index in [2.05, 4.69) is 49.5 Å². The third-order valence-electron chi connectivity index (χ3n) is 4.72. The molecule has 2 rings (SSSR count). The fraction of sp³-hybridized carbons (Fsp3) is 0.667. The second-order valence-corrected chi connectivity index (χ2v) is 6.14. The van der Waals surface area contributed by atoms with Crippen LogP contribution in [-0.2, 0) is 11.2 Å². The van der Waals surface area contributed by atoms with E-state index in [0.717, 1.165) is 19.7 Å². The molecule has 0 aliphatic carbocycles. The Bertz CT molecular complexity index is 378. The second-order valence-electron chi connectivity index (χ2n) is 6.14. The van der Waals surface area contributed by atoms with Gasteiger partial charge in [0.1, 0.15) is 0 Å². The Morgan fingerprint density at radius 1 is 1.30 bits per heavy atom. The SMILES string of the molecule is CCCNCC1(CCCc2ccccc2)CCOC1C. The zero-order valence-corrected chi connectivity index (χ0v) is 13.0. The molecule has 1 fully saturated rings. The summed E-state index contributed by atoms with van der Waals surface area (Å²) in [5.41, 5.74) is 1.81. The predicted molar refractivity (Wildman–Crippen MR) is 85.0 cm³/mol. The summed E-state index contributed by atoms with van der Waals surface area (Å²) in [6.45, 7) is 7.64. The Labute approximate surface area is 123 Å². The van der Waals surface area contributed by atoms with Gasteiger partial charge < -0.3 is 10.1 Å². The van der Waals surface area contributed by atoms with Crippen molar-refractivity contribution in [1.29, 1.82) is 0 Å². The van der Waals surface area contributed by atoms with Crippen molar-refractivity contribution in [2.75, 3.05) is 19.7 Å². The highest BCUT2D eigenvalue weighted by Gasteiger charge is 2.40. The minimum atomic E-state index is 0.351. The molecule has 0 amide bonds. The molecular weight excluding hydrogens is 246 g/mol. The number of hydrogen-bond donors (Lipinski definition) is 1. The van der Waals surface area contributed by atoms with Crippen LogP contribution in [0.2, 0.25) is 0 Å². The Balaban J connectivity index is 1.84. The van der Waals surface area contributed by atoms with Gasteiger partial charge >= 0.3 is 0 Å². The Kier molecular flexibility index (Phi) is 6.06. The highest BCUT2D eigenvalue weighted by atomic mass is 16.5. The summed E-state index contributed by atoms with van der Waals surface area (Å²) in [7, 11) is 0. The molecule has 0 saturated carbocycles. The second kappa shape index (κ2) is 7.80. The molecule has 1 heterocycles. The number of rotatable bonds is 8. The number of ether oxygens (including phenoxy) is 1. The van der Waals surface area contributed by atoms with Crippen molar-refractivity contribution in [3.63, 3.8) is 0 Å². The summed E-state index contributed by atoms with van der Waals surface area (Å²) in [6.07, 6.45) is 6.51. The van der Waals surface area contributed by atoms with Crippen LogP contribution in [0.5, 0.6) is 0 Å². The molecular formula is C18H29NO. The lowest BCUT2D eigenvalue weighted by Crippen LogP contribution is -2.39. The number of benzene rings is 1. The van der Waals surface area contributed by atoms with E-state index in [-0.39, 0.29) is 0 Å². The lowest BCUT2D eigenvalue weighted by atomic mass is 9.76. The van der Waals surface area contributed by atoms with Crippen molar-refractivity contribution in [1.82, 2.24) is 5.32 Å². The van der Waals surface area contributed by atoms with Gasteiger partial charge in [0.05, 0.1) is 6.10 Å². The molecule has 0 radical (unpaired) electrons. The van der Waals surface area contributed by atoms with Crippen molar-refractivity contribution < 1.29 is 4.74 Å². The third kappa shape index (κ3) is 4.07. The van der Waals surface area contributed by atoms with Crippen molar-refractivity contribution in [2.24, 2.45) is 5.41 Å². The quantitative estimate of drug-likeness (QED) is 0.729. The van der Waals surface area contributed by atoms with Gasteiger partial charge in [-0.15, -0.1) is 0 Å². The Hall–Kier alpha value is -0.860. The van der Waals surface area contributed by atoms with Crippen LogP contribution < -0.4 is 5.32 Å². The molecule has 112 valence electrons. The van der Waals surface area contributed by atoms with E-state index in [1.807, 2.05) is 0 Å². The first kappa shape index (κ1) is 15.5. The topological polar surface area (TPSA) is 21.3 Å². The lowest BCUT2D eigenvalue weighted by molar-refractivity contribution is 0.0575. The van der Waals surface area contributed by atoms with Crippen LogP contribution in [0.25, 0.3) is 0 Å². The summed E-state index contributed by atoms with van der Waals surface area (Å²) in [5.74, 6) is 0. The van der Waals surface area contributed by atoms with Crippen LogP contribution in [0.15, 0.2) is 30.3 Å². The number of aryl methyl sites for hydroxylation is 1. The molecule has 2 nitrogen and oxygen atoms in total. The minimum Gasteiger partial charge on any atom is -0.378 e. The van der Waals surface area contributed by atoms with E-state index in [0.29, 0.717) is 11.5 Å². The van der Waals surface area contributed by atoms with Crippen LogP contribution >= 0.6 is 0 Å². The van der Waals surface area contributed by atoms with Crippen LogP contribution in [0, 0.1) is 5.41 Å². The normalized spacial score (nSPS) is 26.0. The van der Waals surface area contributed by atoms with Crippen LogP contribution in [0.1, 0.15) is 45.1 Å². The van der Waals surface area contributed by atoms with Crippen molar-refractivity contribution in [2.45, 2.75) is 52.1 Å². The van der Waals surface area contributed by atoms with E-state index in [9.17, 15) is 0 Å². The summed E-state index contributed by atoms with van der Waals surface area (Å²) in [4.78, 5) is 0. The molecule has 0 spiro atoms. The monoisotopic (exact) mass is 275 g/mol. The lowest BCUT2D eigenvalue weighted by Gasteiger charge is -2.32. The van der Waals surface area contributed by atoms with Gasteiger partial charge in [-0.1, -0.05) is 37.3 Å². The van der Waals surface area contributed by atoms with Gasteiger partial charge in [0.25, 0.3) is 0 Å². The largest absolute Gasteiger partial charge is 0.378 e. The fourth-order valence-corrected chi connectivity index (χ4v) is 3.27. The zero-order valence-electron chi connectivity index (χ0n) is 13.0. The Morgan fingerprint density at radius 3 is 2.75 bits per heavy atom. The molecule has 1 aromatic carbocycles. The zero-order chi connectivity index (χ0) is 14.3. The fourth-order valence-electron chi connectivity index (χ4n) is 3.27. The van der Waals surface area contributed by atoms with E-state index < -0.39 is 0 Å². The van der Waals surface area contributed by atoms with Gasteiger partial charge in [0.15, 0.2) is 0 Å². The average molecular weight is 275 g/mol. The smallest absolute Gasteiger partial charge is 0.0616 e. The molecule has 1 aliphatic rings. The third-order valence-corrected chi connectivity index (χ3v) is 4.72. The van der Waals surface area contributed by atoms with E-state index in [1.165, 1.54) is 37.7 Å². The summed E-state index contributed by atoms with van der Waals surface area (Å²) >= 11 is 0. The van der Waals surface area contributed by atoms with E-state index >= 15 is 0 Å². The van der Waals surface area contributed by atoms with E-state index in [1.54, 1.807) is 0 Å². The first-order valence-corrected chi connectivity index (χ1v) is 8.13. The van der Waals surface area contributed by atoms with Gasteiger partial charge in [0, 0.05) is 18.6 Å². The van der Waals surface area contributed by atoms with Gasteiger partial charge in [-0.3, -0.25) is 0 Å². The highest BCUT2D eigenvalue weighted by Crippen LogP contribution is 2.39. The molecule has 0 aromatic heterocycles. The summed E-state index contributed by atoms with van der Waals surface area (Å²) in [6, 6.07) is 10.8. The maximum atomic E-state index is 5.86. The maximum absolute atomic E-state index is 5.86. The minimum absolute atomic E-state index is 0.351. The molecule has 1 saturated heterocycles. The van der Waals surface area contributed by atoms with E-state index in [4.69, 9.17) is 4.74 Å². The first-order valence-electron chi connectivity index (χ1n) is 8.13. The predicted octanol–water partition coefficient (Wildman–Crippen LogP) is 3.80. The van der Waals surface area contributed by atoms with Crippen LogP contribution in [0.3, 0.4) is 0 Å². The van der Waals surface area contributed by atoms with Crippen molar-refractivity contribution in [3.05, 3.63) is 35.9 Å². The highest BCUT2D eigenvalue weighted by molar-refractivity contribution is 5.14. The average Bonchev–Trinajstić information content (AvgIpc) is 2.82. The van der Waals surface area contributed by atoms with Gasteiger partial charge in [0.2, 0.25) is 0 Å².